The van der Waals surface area contributed by atoms with Gasteiger partial charge in [0.2, 0.25) is 0 Å². The molecule has 0 bridgehead atoms. The molecule has 1 aromatic carbocycles. The van der Waals surface area contributed by atoms with Gasteiger partial charge in [0.25, 0.3) is 0 Å². The third-order valence-electron chi connectivity index (χ3n) is 2.52. The van der Waals surface area contributed by atoms with E-state index in [1.165, 1.54) is 0 Å². The minimum Gasteiger partial charge on any atom is -0.494 e. The van der Waals surface area contributed by atoms with Crippen LogP contribution in [0.3, 0.4) is 0 Å². The average molecular weight is 262 g/mol. The predicted molar refractivity (Wildman–Crippen MR) is 73.2 cm³/mol. The van der Waals surface area contributed by atoms with Gasteiger partial charge in [-0.2, -0.15) is 0 Å². The van der Waals surface area contributed by atoms with Crippen molar-refractivity contribution < 1.29 is 4.74 Å². The van der Waals surface area contributed by atoms with Crippen LogP contribution in [0.25, 0.3) is 5.69 Å². The van der Waals surface area contributed by atoms with Crippen LogP contribution in [0.1, 0.15) is 18.3 Å². The fourth-order valence-electron chi connectivity index (χ4n) is 1.65. The molecule has 0 spiro atoms. The molecule has 94 valence electrons. The summed E-state index contributed by atoms with van der Waals surface area (Å²) in [5, 5.41) is 8.01. The Hall–Kier alpha value is -1.95. The summed E-state index contributed by atoms with van der Waals surface area (Å²) in [4.78, 5) is 0.254. The first-order valence-electron chi connectivity index (χ1n) is 5.58. The molecule has 0 unspecified atom stereocenters. The lowest BCUT2D eigenvalue weighted by Crippen LogP contribution is -2.12. The molecule has 0 fully saturated rings. The average Bonchev–Trinajstić information content (AvgIpc) is 2.73. The summed E-state index contributed by atoms with van der Waals surface area (Å²) < 4.78 is 7.08. The Morgan fingerprint density at radius 3 is 2.56 bits per heavy atom. The van der Waals surface area contributed by atoms with Crippen LogP contribution < -0.4 is 10.5 Å². The largest absolute Gasteiger partial charge is 0.494 e. The number of hydrogen-bond acceptors (Lipinski definition) is 4. The molecule has 0 radical (unpaired) electrons. The molecule has 0 atom stereocenters. The Morgan fingerprint density at radius 1 is 1.39 bits per heavy atom. The Kier molecular flexibility index (Phi) is 3.57. The van der Waals surface area contributed by atoms with Gasteiger partial charge in [-0.05, 0) is 38.1 Å². The highest BCUT2D eigenvalue weighted by atomic mass is 32.1. The van der Waals surface area contributed by atoms with Crippen molar-refractivity contribution in [1.82, 2.24) is 15.0 Å². The van der Waals surface area contributed by atoms with Gasteiger partial charge in [-0.1, -0.05) is 17.4 Å². The van der Waals surface area contributed by atoms with Crippen LogP contribution in [0.4, 0.5) is 0 Å². The minimum absolute atomic E-state index is 0.254. The summed E-state index contributed by atoms with van der Waals surface area (Å²) in [5.41, 5.74) is 7.84. The van der Waals surface area contributed by atoms with Gasteiger partial charge in [0, 0.05) is 0 Å². The third kappa shape index (κ3) is 2.33. The maximum Gasteiger partial charge on any atom is 0.143 e. The van der Waals surface area contributed by atoms with Crippen molar-refractivity contribution in [3.05, 3.63) is 35.7 Å². The molecule has 0 aliphatic carbocycles. The predicted octanol–water partition coefficient (Wildman–Crippen LogP) is 1.61. The van der Waals surface area contributed by atoms with Crippen LogP contribution in [0.5, 0.6) is 5.75 Å². The summed E-state index contributed by atoms with van der Waals surface area (Å²) in [6.45, 7) is 4.47. The van der Waals surface area contributed by atoms with E-state index >= 15 is 0 Å². The number of nitrogens with zero attached hydrogens (tertiary/aromatic N) is 3. The van der Waals surface area contributed by atoms with E-state index in [1.807, 2.05) is 38.1 Å². The van der Waals surface area contributed by atoms with Crippen molar-refractivity contribution in [3.63, 3.8) is 0 Å². The maximum atomic E-state index is 5.57. The van der Waals surface area contributed by atoms with Crippen LogP contribution in [0.15, 0.2) is 24.3 Å². The zero-order chi connectivity index (χ0) is 13.1. The van der Waals surface area contributed by atoms with E-state index in [0.29, 0.717) is 12.3 Å². The molecular weight excluding hydrogens is 248 g/mol. The van der Waals surface area contributed by atoms with Crippen molar-refractivity contribution in [2.45, 2.75) is 13.8 Å². The quantitative estimate of drug-likeness (QED) is 0.848. The number of aromatic nitrogens is 3. The highest BCUT2D eigenvalue weighted by Crippen LogP contribution is 2.17. The van der Waals surface area contributed by atoms with Crippen LogP contribution in [-0.4, -0.2) is 26.6 Å². The zero-order valence-electron chi connectivity index (χ0n) is 10.3. The number of rotatable bonds is 4. The topological polar surface area (TPSA) is 66.0 Å². The molecule has 0 saturated heterocycles. The highest BCUT2D eigenvalue weighted by molar-refractivity contribution is 7.80. The molecule has 18 heavy (non-hydrogen) atoms. The van der Waals surface area contributed by atoms with E-state index in [4.69, 9.17) is 22.7 Å². The first-order valence-corrected chi connectivity index (χ1v) is 5.99. The zero-order valence-corrected chi connectivity index (χ0v) is 11.1. The molecule has 2 N–H and O–H groups in total. The second-order valence-corrected chi connectivity index (χ2v) is 4.17. The molecule has 1 aromatic heterocycles. The van der Waals surface area contributed by atoms with Gasteiger partial charge in [-0.15, -0.1) is 5.10 Å². The van der Waals surface area contributed by atoms with Crippen molar-refractivity contribution in [1.29, 1.82) is 0 Å². The Labute approximate surface area is 111 Å². The third-order valence-corrected chi connectivity index (χ3v) is 2.71. The summed E-state index contributed by atoms with van der Waals surface area (Å²) >= 11 is 4.91. The number of hydrogen-bond donors (Lipinski definition) is 1. The summed E-state index contributed by atoms with van der Waals surface area (Å²) in [6.07, 6.45) is 0. The smallest absolute Gasteiger partial charge is 0.143 e. The van der Waals surface area contributed by atoms with Gasteiger partial charge in [0.1, 0.15) is 16.4 Å². The van der Waals surface area contributed by atoms with E-state index < -0.39 is 0 Å². The number of nitrogens with two attached hydrogens (primary N) is 1. The monoisotopic (exact) mass is 262 g/mol. The van der Waals surface area contributed by atoms with E-state index in [2.05, 4.69) is 10.3 Å². The second kappa shape index (κ2) is 5.14. The lowest BCUT2D eigenvalue weighted by molar-refractivity contribution is 0.340. The summed E-state index contributed by atoms with van der Waals surface area (Å²) in [7, 11) is 0. The van der Waals surface area contributed by atoms with E-state index in [1.54, 1.807) is 4.68 Å². The SMILES string of the molecule is CCOc1ccc(-n2nnc(C(N)=S)c2C)cc1. The van der Waals surface area contributed by atoms with Gasteiger partial charge in [0.05, 0.1) is 18.0 Å². The molecule has 6 heteroatoms. The molecule has 5 nitrogen and oxygen atoms in total. The maximum absolute atomic E-state index is 5.57. The Morgan fingerprint density at radius 2 is 2.06 bits per heavy atom. The van der Waals surface area contributed by atoms with Crippen LogP contribution in [-0.2, 0) is 0 Å². The van der Waals surface area contributed by atoms with Gasteiger partial charge in [0.15, 0.2) is 0 Å². The van der Waals surface area contributed by atoms with Crippen LogP contribution >= 0.6 is 12.2 Å². The molecule has 1 heterocycles. The molecule has 0 amide bonds. The Bertz CT molecular complexity index is 562. The molecule has 0 saturated carbocycles. The number of benzene rings is 1. The van der Waals surface area contributed by atoms with Crippen molar-refractivity contribution in [2.75, 3.05) is 6.61 Å². The molecular formula is C12H14N4OS. The van der Waals surface area contributed by atoms with Crippen LogP contribution in [0.2, 0.25) is 0 Å². The number of ether oxygens (including phenoxy) is 1. The lowest BCUT2D eigenvalue weighted by Gasteiger charge is -2.06. The van der Waals surface area contributed by atoms with Crippen molar-refractivity contribution in [2.24, 2.45) is 5.73 Å². The summed E-state index contributed by atoms with van der Waals surface area (Å²) in [5.74, 6) is 0.827. The molecule has 0 aliphatic heterocycles. The van der Waals surface area contributed by atoms with Gasteiger partial charge in [-0.3, -0.25) is 0 Å². The van der Waals surface area contributed by atoms with Crippen molar-refractivity contribution in [3.8, 4) is 11.4 Å². The minimum atomic E-state index is 0.254. The highest BCUT2D eigenvalue weighted by Gasteiger charge is 2.11. The first kappa shape index (κ1) is 12.5. The van der Waals surface area contributed by atoms with E-state index in [-0.39, 0.29) is 4.99 Å². The van der Waals surface area contributed by atoms with Gasteiger partial charge >= 0.3 is 0 Å². The van der Waals surface area contributed by atoms with Crippen molar-refractivity contribution >= 4 is 17.2 Å². The van der Waals surface area contributed by atoms with E-state index in [0.717, 1.165) is 17.1 Å². The number of thiocarbonyl (C=S) groups is 1. The molecule has 0 aliphatic rings. The van der Waals surface area contributed by atoms with Crippen LogP contribution in [0, 0.1) is 6.92 Å². The van der Waals surface area contributed by atoms with E-state index in [9.17, 15) is 0 Å². The molecule has 2 rings (SSSR count). The lowest BCUT2D eigenvalue weighted by atomic mass is 10.3. The Balaban J connectivity index is 2.34. The van der Waals surface area contributed by atoms with Gasteiger partial charge < -0.3 is 10.5 Å². The normalized spacial score (nSPS) is 10.3. The van der Waals surface area contributed by atoms with Gasteiger partial charge in [-0.25, -0.2) is 4.68 Å². The standard InChI is InChI=1S/C12H14N4OS/c1-3-17-10-6-4-9(5-7-10)16-8(2)11(12(13)18)14-15-16/h4-7H,3H2,1-2H3,(H2,13,18). The fraction of sp³-hybridized carbons (Fsp3) is 0.250. The first-order chi connectivity index (χ1) is 8.63. The fourth-order valence-corrected chi connectivity index (χ4v) is 1.84. The molecule has 2 aromatic rings. The second-order valence-electron chi connectivity index (χ2n) is 3.73. The summed E-state index contributed by atoms with van der Waals surface area (Å²) in [6, 6.07) is 7.60.